The number of hydrogen-bond acceptors (Lipinski definition) is 3. The molecule has 29 heavy (non-hydrogen) atoms. The maximum Gasteiger partial charge on any atom is 0.352 e. The molecule has 164 valence electrons. The molecule has 4 nitrogen and oxygen atoms in total. The third-order valence-corrected chi connectivity index (χ3v) is 5.85. The molecule has 0 saturated heterocycles. The SMILES string of the molecule is CCCCCCCCCCCCCCOc1cccc(NC2=[N+](C)CCN2C)c1. The van der Waals surface area contributed by atoms with Gasteiger partial charge in [0.05, 0.1) is 33.8 Å². The smallest absolute Gasteiger partial charge is 0.352 e. The van der Waals surface area contributed by atoms with E-state index in [0.717, 1.165) is 43.5 Å². The topological polar surface area (TPSA) is 27.5 Å². The molecule has 1 aromatic carbocycles. The molecule has 0 fully saturated rings. The first-order valence-corrected chi connectivity index (χ1v) is 12.0. The zero-order valence-corrected chi connectivity index (χ0v) is 19.2. The Hall–Kier alpha value is -1.71. The average molecular weight is 403 g/mol. The maximum absolute atomic E-state index is 5.98. The highest BCUT2D eigenvalue weighted by atomic mass is 16.5. The molecule has 0 bridgehead atoms. The molecule has 4 heteroatoms. The minimum absolute atomic E-state index is 0.817. The normalized spacial score (nSPS) is 14.0. The standard InChI is InChI=1S/C25H43N3O/c1-4-5-6-7-8-9-10-11-12-13-14-15-21-29-24-18-16-17-23(22-24)26-25-27(2)19-20-28(25)3/h16-18,22H,4-15,19-21H2,1-3H3/p+1. The van der Waals surface area contributed by atoms with Crippen molar-refractivity contribution in [3.8, 4) is 5.75 Å². The van der Waals surface area contributed by atoms with Crippen molar-refractivity contribution < 1.29 is 9.31 Å². The molecule has 0 unspecified atom stereocenters. The van der Waals surface area contributed by atoms with Crippen LogP contribution in [0, 0.1) is 0 Å². The molecular weight excluding hydrogens is 358 g/mol. The Morgan fingerprint density at radius 1 is 0.931 bits per heavy atom. The van der Waals surface area contributed by atoms with Gasteiger partial charge in [-0.1, -0.05) is 83.6 Å². The first-order valence-electron chi connectivity index (χ1n) is 12.0. The van der Waals surface area contributed by atoms with E-state index in [-0.39, 0.29) is 0 Å². The Kier molecular flexibility index (Phi) is 11.6. The summed E-state index contributed by atoms with van der Waals surface area (Å²) in [6.45, 7) is 5.23. The monoisotopic (exact) mass is 402 g/mol. The highest BCUT2D eigenvalue weighted by Crippen LogP contribution is 2.19. The number of anilines is 1. The highest BCUT2D eigenvalue weighted by Gasteiger charge is 2.24. The second-order valence-electron chi connectivity index (χ2n) is 8.56. The predicted molar refractivity (Wildman–Crippen MR) is 125 cm³/mol. The van der Waals surface area contributed by atoms with Crippen LogP contribution >= 0.6 is 0 Å². The van der Waals surface area contributed by atoms with E-state index in [1.807, 2.05) is 0 Å². The van der Waals surface area contributed by atoms with Crippen molar-refractivity contribution in [1.29, 1.82) is 0 Å². The fraction of sp³-hybridized carbons (Fsp3) is 0.720. The second kappa shape index (κ2) is 14.3. The van der Waals surface area contributed by atoms with Crippen LogP contribution in [0.4, 0.5) is 5.69 Å². The number of rotatable bonds is 15. The number of nitrogens with zero attached hydrogens (tertiary/aromatic N) is 2. The summed E-state index contributed by atoms with van der Waals surface area (Å²) in [7, 11) is 4.25. The van der Waals surface area contributed by atoms with E-state index < -0.39 is 0 Å². The molecule has 0 aromatic heterocycles. The minimum atomic E-state index is 0.817. The molecule has 1 heterocycles. The van der Waals surface area contributed by atoms with Gasteiger partial charge in [-0.05, 0) is 18.6 Å². The van der Waals surface area contributed by atoms with Gasteiger partial charge >= 0.3 is 5.96 Å². The number of hydrogen-bond donors (Lipinski definition) is 1. The Bertz CT molecular complexity index is 599. The predicted octanol–water partition coefficient (Wildman–Crippen LogP) is 6.12. The molecule has 1 aromatic rings. The number of benzene rings is 1. The fourth-order valence-electron chi connectivity index (χ4n) is 3.92. The van der Waals surface area contributed by atoms with E-state index in [4.69, 9.17) is 4.74 Å². The summed E-state index contributed by atoms with van der Waals surface area (Å²) in [4.78, 5) is 2.25. The Morgan fingerprint density at radius 2 is 1.55 bits per heavy atom. The molecule has 0 radical (unpaired) electrons. The molecule has 1 aliphatic rings. The van der Waals surface area contributed by atoms with Crippen LogP contribution in [-0.4, -0.2) is 49.2 Å². The van der Waals surface area contributed by atoms with Gasteiger partial charge in [-0.25, -0.2) is 5.32 Å². The zero-order valence-electron chi connectivity index (χ0n) is 19.2. The summed E-state index contributed by atoms with van der Waals surface area (Å²) in [5.74, 6) is 2.12. The third kappa shape index (κ3) is 9.56. The molecule has 0 amide bonds. The first kappa shape index (κ1) is 23.6. The largest absolute Gasteiger partial charge is 0.493 e. The van der Waals surface area contributed by atoms with Crippen molar-refractivity contribution in [3.63, 3.8) is 0 Å². The van der Waals surface area contributed by atoms with Crippen LogP contribution < -0.4 is 10.1 Å². The third-order valence-electron chi connectivity index (χ3n) is 5.85. The maximum atomic E-state index is 5.98. The summed E-state index contributed by atoms with van der Waals surface area (Å²) in [6.07, 6.45) is 16.5. The number of ether oxygens (including phenoxy) is 1. The van der Waals surface area contributed by atoms with Crippen LogP contribution in [0.25, 0.3) is 0 Å². The van der Waals surface area contributed by atoms with Crippen molar-refractivity contribution in [3.05, 3.63) is 24.3 Å². The number of likely N-dealkylation sites (N-methyl/N-ethyl adjacent to an activating group) is 2. The summed E-state index contributed by atoms with van der Waals surface area (Å²) in [5.41, 5.74) is 1.09. The van der Waals surface area contributed by atoms with Crippen molar-refractivity contribution in [1.82, 2.24) is 4.90 Å². The first-order chi connectivity index (χ1) is 14.2. The highest BCUT2D eigenvalue weighted by molar-refractivity contribution is 5.90. The fourth-order valence-corrected chi connectivity index (χ4v) is 3.92. The van der Waals surface area contributed by atoms with Crippen LogP contribution in [-0.2, 0) is 0 Å². The lowest BCUT2D eigenvalue weighted by atomic mass is 10.1. The van der Waals surface area contributed by atoms with Gasteiger partial charge < -0.3 is 4.74 Å². The van der Waals surface area contributed by atoms with Crippen molar-refractivity contribution >= 4 is 11.6 Å². The summed E-state index contributed by atoms with van der Waals surface area (Å²) >= 11 is 0. The zero-order chi connectivity index (χ0) is 20.7. The Balaban J connectivity index is 1.50. The molecular formula is C25H44N3O+. The van der Waals surface area contributed by atoms with Gasteiger partial charge in [0.2, 0.25) is 0 Å². The lowest BCUT2D eigenvalue weighted by Crippen LogP contribution is -2.31. The lowest BCUT2D eigenvalue weighted by Gasteiger charge is -2.10. The van der Waals surface area contributed by atoms with E-state index in [2.05, 4.69) is 60.1 Å². The molecule has 0 spiro atoms. The number of nitrogens with one attached hydrogen (secondary N) is 1. The van der Waals surface area contributed by atoms with Gasteiger partial charge in [-0.2, -0.15) is 0 Å². The van der Waals surface area contributed by atoms with Gasteiger partial charge in [0.25, 0.3) is 0 Å². The van der Waals surface area contributed by atoms with Crippen LogP contribution in [0.5, 0.6) is 5.75 Å². The molecule has 0 saturated carbocycles. The van der Waals surface area contributed by atoms with Crippen LogP contribution in [0.2, 0.25) is 0 Å². The molecule has 1 aliphatic heterocycles. The van der Waals surface area contributed by atoms with E-state index >= 15 is 0 Å². The molecule has 0 aliphatic carbocycles. The van der Waals surface area contributed by atoms with E-state index in [1.54, 1.807) is 0 Å². The number of guanidine groups is 1. The quantitative estimate of drug-likeness (QED) is 0.283. The summed E-state index contributed by atoms with van der Waals surface area (Å²) in [5, 5.41) is 3.52. The number of unbranched alkanes of at least 4 members (excludes halogenated alkanes) is 11. The summed E-state index contributed by atoms with van der Waals surface area (Å²) < 4.78 is 8.23. The van der Waals surface area contributed by atoms with Crippen molar-refractivity contribution in [2.45, 2.75) is 84.0 Å². The Labute approximate surface area is 179 Å². The van der Waals surface area contributed by atoms with Crippen molar-refractivity contribution in [2.75, 3.05) is 39.1 Å². The van der Waals surface area contributed by atoms with Crippen LogP contribution in [0.15, 0.2) is 24.3 Å². The summed E-state index contributed by atoms with van der Waals surface area (Å²) in [6, 6.07) is 8.32. The van der Waals surface area contributed by atoms with E-state index in [9.17, 15) is 0 Å². The molecule has 2 rings (SSSR count). The van der Waals surface area contributed by atoms with Gasteiger partial charge in [-0.3, -0.25) is 9.48 Å². The van der Waals surface area contributed by atoms with E-state index in [0.29, 0.717) is 0 Å². The van der Waals surface area contributed by atoms with Crippen molar-refractivity contribution in [2.24, 2.45) is 0 Å². The van der Waals surface area contributed by atoms with Crippen LogP contribution in [0.3, 0.4) is 0 Å². The second-order valence-corrected chi connectivity index (χ2v) is 8.56. The van der Waals surface area contributed by atoms with Gasteiger partial charge in [0.15, 0.2) is 0 Å². The van der Waals surface area contributed by atoms with Crippen LogP contribution in [0.1, 0.15) is 84.0 Å². The van der Waals surface area contributed by atoms with E-state index in [1.165, 1.54) is 70.6 Å². The lowest BCUT2D eigenvalue weighted by molar-refractivity contribution is -0.486. The molecule has 0 atom stereocenters. The van der Waals surface area contributed by atoms with Gasteiger partial charge in [-0.15, -0.1) is 0 Å². The molecule has 1 N–H and O–H groups in total. The average Bonchev–Trinajstić information content (AvgIpc) is 3.04. The van der Waals surface area contributed by atoms with Gasteiger partial charge in [0.1, 0.15) is 11.4 Å². The van der Waals surface area contributed by atoms with Gasteiger partial charge in [0, 0.05) is 6.07 Å². The Morgan fingerprint density at radius 3 is 2.14 bits per heavy atom. The minimum Gasteiger partial charge on any atom is -0.493 e.